The van der Waals surface area contributed by atoms with E-state index in [1.54, 1.807) is 0 Å². The molecule has 2 rings (SSSR count). The number of rotatable bonds is 3. The lowest BCUT2D eigenvalue weighted by molar-refractivity contribution is -0.159. The first-order chi connectivity index (χ1) is 9.86. The van der Waals surface area contributed by atoms with Gasteiger partial charge in [0.15, 0.2) is 0 Å². The molecule has 0 aromatic carbocycles. The van der Waals surface area contributed by atoms with E-state index in [4.69, 9.17) is 0 Å². The fraction of sp³-hybridized carbons (Fsp3) is 0.875. The summed E-state index contributed by atoms with van der Waals surface area (Å²) >= 11 is 0. The second kappa shape index (κ2) is 5.95. The van der Waals surface area contributed by atoms with Crippen molar-refractivity contribution in [1.29, 1.82) is 0 Å². The standard InChI is InChI=1S/C16H29N3O2/c1-6-16(7-2)15(21)19(12(4)14(20)17-16)13-8-9-18(5)11(3)10-13/h11-13H,6-10H2,1-5H3,(H,17,20). The minimum absolute atomic E-state index is 0.00937. The van der Waals surface area contributed by atoms with E-state index >= 15 is 0 Å². The van der Waals surface area contributed by atoms with Gasteiger partial charge < -0.3 is 15.1 Å². The van der Waals surface area contributed by atoms with E-state index in [1.165, 1.54) is 0 Å². The maximum absolute atomic E-state index is 13.1. The highest BCUT2D eigenvalue weighted by molar-refractivity contribution is 5.99. The van der Waals surface area contributed by atoms with E-state index in [2.05, 4.69) is 24.2 Å². The quantitative estimate of drug-likeness (QED) is 0.856. The molecule has 0 aliphatic carbocycles. The number of amides is 2. The Morgan fingerprint density at radius 2 is 1.86 bits per heavy atom. The number of piperazine rings is 1. The number of nitrogens with zero attached hydrogens (tertiary/aromatic N) is 2. The molecular formula is C16H29N3O2. The summed E-state index contributed by atoms with van der Waals surface area (Å²) in [5.74, 6) is 0.103. The lowest BCUT2D eigenvalue weighted by Crippen LogP contribution is -2.71. The topological polar surface area (TPSA) is 52.7 Å². The summed E-state index contributed by atoms with van der Waals surface area (Å²) in [6.07, 6.45) is 3.20. The molecule has 0 saturated carbocycles. The molecule has 21 heavy (non-hydrogen) atoms. The Hall–Kier alpha value is -1.10. The van der Waals surface area contributed by atoms with Crippen molar-refractivity contribution in [3.8, 4) is 0 Å². The number of hydrogen-bond donors (Lipinski definition) is 1. The highest BCUT2D eigenvalue weighted by atomic mass is 16.2. The van der Waals surface area contributed by atoms with Crippen molar-refractivity contribution in [3.63, 3.8) is 0 Å². The maximum Gasteiger partial charge on any atom is 0.249 e. The number of piperidine rings is 1. The molecule has 3 atom stereocenters. The van der Waals surface area contributed by atoms with Crippen LogP contribution in [0.3, 0.4) is 0 Å². The first-order valence-corrected chi connectivity index (χ1v) is 8.21. The fourth-order valence-corrected chi connectivity index (χ4v) is 3.67. The van der Waals surface area contributed by atoms with Crippen LogP contribution in [0.2, 0.25) is 0 Å². The van der Waals surface area contributed by atoms with Gasteiger partial charge in [0, 0.05) is 18.6 Å². The Balaban J connectivity index is 2.27. The molecule has 2 saturated heterocycles. The van der Waals surface area contributed by atoms with Gasteiger partial charge in [-0.25, -0.2) is 0 Å². The molecular weight excluding hydrogens is 266 g/mol. The van der Waals surface area contributed by atoms with Crippen molar-refractivity contribution in [2.24, 2.45) is 0 Å². The second-order valence-electron chi connectivity index (χ2n) is 6.67. The molecule has 2 aliphatic heterocycles. The fourth-order valence-electron chi connectivity index (χ4n) is 3.67. The summed E-state index contributed by atoms with van der Waals surface area (Å²) < 4.78 is 0. The number of carbonyl (C=O) groups excluding carboxylic acids is 2. The first kappa shape index (κ1) is 16.3. The van der Waals surface area contributed by atoms with Crippen molar-refractivity contribution in [3.05, 3.63) is 0 Å². The largest absolute Gasteiger partial charge is 0.340 e. The number of likely N-dealkylation sites (tertiary alicyclic amines) is 1. The predicted molar refractivity (Wildman–Crippen MR) is 82.9 cm³/mol. The van der Waals surface area contributed by atoms with Crippen molar-refractivity contribution in [2.75, 3.05) is 13.6 Å². The molecule has 2 heterocycles. The third-order valence-electron chi connectivity index (χ3n) is 5.58. The zero-order chi connectivity index (χ0) is 15.8. The molecule has 0 bridgehead atoms. The average Bonchev–Trinajstić information content (AvgIpc) is 2.47. The van der Waals surface area contributed by atoms with Gasteiger partial charge in [0.05, 0.1) is 0 Å². The molecule has 0 spiro atoms. The smallest absolute Gasteiger partial charge is 0.249 e. The summed E-state index contributed by atoms with van der Waals surface area (Å²) in [4.78, 5) is 29.6. The van der Waals surface area contributed by atoms with E-state index in [0.717, 1.165) is 19.4 Å². The van der Waals surface area contributed by atoms with E-state index < -0.39 is 5.54 Å². The van der Waals surface area contributed by atoms with Crippen LogP contribution in [-0.2, 0) is 9.59 Å². The Morgan fingerprint density at radius 3 is 2.38 bits per heavy atom. The molecule has 5 nitrogen and oxygen atoms in total. The van der Waals surface area contributed by atoms with Gasteiger partial charge in [-0.3, -0.25) is 9.59 Å². The molecule has 2 aliphatic rings. The third-order valence-corrected chi connectivity index (χ3v) is 5.58. The van der Waals surface area contributed by atoms with Gasteiger partial charge in [0.2, 0.25) is 11.8 Å². The third kappa shape index (κ3) is 2.68. The Morgan fingerprint density at radius 1 is 1.24 bits per heavy atom. The van der Waals surface area contributed by atoms with Crippen LogP contribution >= 0.6 is 0 Å². The van der Waals surface area contributed by atoms with E-state index in [-0.39, 0.29) is 23.9 Å². The van der Waals surface area contributed by atoms with Crippen molar-refractivity contribution in [2.45, 2.75) is 77.0 Å². The summed E-state index contributed by atoms with van der Waals surface area (Å²) in [7, 11) is 2.12. The van der Waals surface area contributed by atoms with Crippen molar-refractivity contribution in [1.82, 2.24) is 15.1 Å². The summed E-state index contributed by atoms with van der Waals surface area (Å²) in [6.45, 7) is 8.99. The SMILES string of the molecule is CCC1(CC)NC(=O)C(C)N(C2CCN(C)C(C)C2)C1=O. The molecule has 2 fully saturated rings. The molecule has 120 valence electrons. The number of hydrogen-bond acceptors (Lipinski definition) is 3. The van der Waals surface area contributed by atoms with Crippen molar-refractivity contribution >= 4 is 11.8 Å². The number of nitrogens with one attached hydrogen (secondary N) is 1. The summed E-state index contributed by atoms with van der Waals surface area (Å²) in [5, 5.41) is 2.98. The van der Waals surface area contributed by atoms with E-state index in [9.17, 15) is 9.59 Å². The normalized spacial score (nSPS) is 34.0. The van der Waals surface area contributed by atoms with Crippen LogP contribution in [0.4, 0.5) is 0 Å². The van der Waals surface area contributed by atoms with Crippen LogP contribution in [-0.4, -0.2) is 58.9 Å². The highest BCUT2D eigenvalue weighted by Crippen LogP contribution is 2.30. The van der Waals surface area contributed by atoms with Gasteiger partial charge in [-0.2, -0.15) is 0 Å². The molecule has 0 aromatic rings. The predicted octanol–water partition coefficient (Wildman–Crippen LogP) is 1.37. The minimum Gasteiger partial charge on any atom is -0.340 e. The maximum atomic E-state index is 13.1. The number of carbonyl (C=O) groups is 2. The molecule has 5 heteroatoms. The molecule has 0 radical (unpaired) electrons. The first-order valence-electron chi connectivity index (χ1n) is 8.21. The van der Waals surface area contributed by atoms with Crippen molar-refractivity contribution < 1.29 is 9.59 Å². The lowest BCUT2D eigenvalue weighted by atomic mass is 9.85. The zero-order valence-corrected chi connectivity index (χ0v) is 14.0. The van der Waals surface area contributed by atoms with Crippen LogP contribution in [0.5, 0.6) is 0 Å². The van der Waals surface area contributed by atoms with Crippen LogP contribution in [0.1, 0.15) is 53.4 Å². The Bertz CT molecular complexity index is 420. The second-order valence-corrected chi connectivity index (χ2v) is 6.67. The minimum atomic E-state index is -0.698. The molecule has 1 N–H and O–H groups in total. The van der Waals surface area contributed by atoms with Crippen LogP contribution < -0.4 is 5.32 Å². The Kier molecular flexibility index (Phi) is 4.61. The zero-order valence-electron chi connectivity index (χ0n) is 14.0. The van der Waals surface area contributed by atoms with Crippen LogP contribution in [0.25, 0.3) is 0 Å². The van der Waals surface area contributed by atoms with Gasteiger partial charge in [-0.05, 0) is 46.6 Å². The highest BCUT2D eigenvalue weighted by Gasteiger charge is 2.49. The van der Waals surface area contributed by atoms with Gasteiger partial charge >= 0.3 is 0 Å². The summed E-state index contributed by atoms with van der Waals surface area (Å²) in [5.41, 5.74) is -0.698. The van der Waals surface area contributed by atoms with Gasteiger partial charge in [-0.1, -0.05) is 13.8 Å². The van der Waals surface area contributed by atoms with E-state index in [0.29, 0.717) is 18.9 Å². The van der Waals surface area contributed by atoms with Gasteiger partial charge in [0.25, 0.3) is 0 Å². The molecule has 2 amide bonds. The monoisotopic (exact) mass is 295 g/mol. The molecule has 3 unspecified atom stereocenters. The average molecular weight is 295 g/mol. The van der Waals surface area contributed by atoms with E-state index in [1.807, 2.05) is 25.7 Å². The summed E-state index contributed by atoms with van der Waals surface area (Å²) in [6, 6.07) is 0.276. The van der Waals surface area contributed by atoms with Gasteiger partial charge in [0.1, 0.15) is 11.6 Å². The van der Waals surface area contributed by atoms with Gasteiger partial charge in [-0.15, -0.1) is 0 Å². The van der Waals surface area contributed by atoms with Crippen LogP contribution in [0, 0.1) is 0 Å². The van der Waals surface area contributed by atoms with Crippen LogP contribution in [0.15, 0.2) is 0 Å². The lowest BCUT2D eigenvalue weighted by Gasteiger charge is -2.50. The Labute approximate surface area is 128 Å². The molecule has 0 aromatic heterocycles.